The highest BCUT2D eigenvalue weighted by atomic mass is 32.2. The molecule has 1 aliphatic heterocycles. The maximum atomic E-state index is 11.8. The Bertz CT molecular complexity index is 321. The second-order valence-electron chi connectivity index (χ2n) is 4.84. The molecule has 0 radical (unpaired) electrons. The van der Waals surface area contributed by atoms with Crippen molar-refractivity contribution in [3.05, 3.63) is 0 Å². The average molecular weight is 246 g/mol. The van der Waals surface area contributed by atoms with Crippen LogP contribution in [0.2, 0.25) is 0 Å². The van der Waals surface area contributed by atoms with E-state index < -0.39 is 10.0 Å². The molecule has 0 aromatic carbocycles. The third-order valence-corrected chi connectivity index (χ3v) is 5.73. The monoisotopic (exact) mass is 246 g/mol. The van der Waals surface area contributed by atoms with Crippen LogP contribution in [0.15, 0.2) is 0 Å². The van der Waals surface area contributed by atoms with E-state index in [4.69, 9.17) is 0 Å². The number of hydrogen-bond donors (Lipinski definition) is 1. The minimum absolute atomic E-state index is 0.280. The van der Waals surface area contributed by atoms with E-state index in [1.165, 1.54) is 0 Å². The fraction of sp³-hybridized carbons (Fsp3) is 1.00. The topological polar surface area (TPSA) is 49.4 Å². The van der Waals surface area contributed by atoms with Crippen molar-refractivity contribution < 1.29 is 8.42 Å². The van der Waals surface area contributed by atoms with Gasteiger partial charge in [0.05, 0.1) is 5.75 Å². The fourth-order valence-corrected chi connectivity index (χ4v) is 4.73. The quantitative estimate of drug-likeness (QED) is 0.806. The predicted molar refractivity (Wildman–Crippen MR) is 64.8 cm³/mol. The van der Waals surface area contributed by atoms with Gasteiger partial charge in [-0.25, -0.2) is 8.42 Å². The van der Waals surface area contributed by atoms with Crippen molar-refractivity contribution in [3.8, 4) is 0 Å². The highest BCUT2D eigenvalue weighted by molar-refractivity contribution is 7.89. The van der Waals surface area contributed by atoms with Gasteiger partial charge in [0.25, 0.3) is 0 Å². The van der Waals surface area contributed by atoms with Crippen LogP contribution in [-0.2, 0) is 10.0 Å². The molecule has 2 fully saturated rings. The third kappa shape index (κ3) is 2.57. The maximum Gasteiger partial charge on any atom is 0.214 e. The summed E-state index contributed by atoms with van der Waals surface area (Å²) >= 11 is 0. The molecule has 1 saturated heterocycles. The zero-order chi connectivity index (χ0) is 11.6. The smallest absolute Gasteiger partial charge is 0.214 e. The molecule has 0 aromatic heterocycles. The highest BCUT2D eigenvalue weighted by Gasteiger charge is 2.36. The van der Waals surface area contributed by atoms with Crippen LogP contribution in [0.3, 0.4) is 0 Å². The van der Waals surface area contributed by atoms with E-state index in [-0.39, 0.29) is 6.04 Å². The molecule has 1 N–H and O–H groups in total. The lowest BCUT2D eigenvalue weighted by atomic mass is 9.91. The van der Waals surface area contributed by atoms with Gasteiger partial charge in [0.15, 0.2) is 0 Å². The zero-order valence-electron chi connectivity index (χ0n) is 9.98. The summed E-state index contributed by atoms with van der Waals surface area (Å²) in [6.45, 7) is 3.88. The largest absolute Gasteiger partial charge is 0.314 e. The van der Waals surface area contributed by atoms with Gasteiger partial charge in [0.2, 0.25) is 10.0 Å². The summed E-state index contributed by atoms with van der Waals surface area (Å²) in [4.78, 5) is 0. The first-order chi connectivity index (χ1) is 7.63. The van der Waals surface area contributed by atoms with Crippen LogP contribution in [0.1, 0.15) is 39.0 Å². The van der Waals surface area contributed by atoms with Gasteiger partial charge in [-0.05, 0) is 38.6 Å². The molecule has 94 valence electrons. The number of hydrogen-bond acceptors (Lipinski definition) is 3. The molecule has 1 saturated carbocycles. The van der Waals surface area contributed by atoms with Gasteiger partial charge in [-0.3, -0.25) is 0 Å². The third-order valence-electron chi connectivity index (χ3n) is 3.73. The second-order valence-corrected chi connectivity index (χ2v) is 6.88. The van der Waals surface area contributed by atoms with Crippen LogP contribution < -0.4 is 5.32 Å². The summed E-state index contributed by atoms with van der Waals surface area (Å²) < 4.78 is 25.3. The van der Waals surface area contributed by atoms with Crippen LogP contribution in [-0.4, -0.2) is 43.6 Å². The van der Waals surface area contributed by atoms with Gasteiger partial charge >= 0.3 is 0 Å². The Morgan fingerprint density at radius 1 is 1.25 bits per heavy atom. The molecule has 1 heterocycles. The number of nitrogens with one attached hydrogen (secondary N) is 1. The number of nitrogens with zero attached hydrogens (tertiary/aromatic N) is 1. The van der Waals surface area contributed by atoms with E-state index >= 15 is 0 Å². The van der Waals surface area contributed by atoms with Crippen molar-refractivity contribution >= 4 is 10.0 Å². The fourth-order valence-electron chi connectivity index (χ4n) is 2.93. The SMILES string of the molecule is CCNC1CCC(N2CCCS2(=O)=O)CC1. The van der Waals surface area contributed by atoms with Crippen LogP contribution in [0.4, 0.5) is 0 Å². The molecular weight excluding hydrogens is 224 g/mol. The van der Waals surface area contributed by atoms with Crippen molar-refractivity contribution in [1.29, 1.82) is 0 Å². The first kappa shape index (κ1) is 12.3. The summed E-state index contributed by atoms with van der Waals surface area (Å²) in [5, 5.41) is 3.45. The van der Waals surface area contributed by atoms with Crippen LogP contribution in [0.25, 0.3) is 0 Å². The van der Waals surface area contributed by atoms with E-state index in [1.54, 1.807) is 4.31 Å². The van der Waals surface area contributed by atoms with E-state index in [1.807, 2.05) is 0 Å². The van der Waals surface area contributed by atoms with Crippen molar-refractivity contribution in [2.75, 3.05) is 18.8 Å². The van der Waals surface area contributed by atoms with Gasteiger partial charge in [0.1, 0.15) is 0 Å². The maximum absolute atomic E-state index is 11.8. The van der Waals surface area contributed by atoms with E-state index in [2.05, 4.69) is 12.2 Å². The van der Waals surface area contributed by atoms with Gasteiger partial charge in [-0.2, -0.15) is 4.31 Å². The standard InChI is InChI=1S/C11H22N2O2S/c1-2-12-10-4-6-11(7-5-10)13-8-3-9-16(13,14)15/h10-12H,2-9H2,1H3. The lowest BCUT2D eigenvalue weighted by molar-refractivity contribution is 0.237. The summed E-state index contributed by atoms with van der Waals surface area (Å²) in [7, 11) is -2.90. The molecule has 2 aliphatic rings. The normalized spacial score (nSPS) is 35.3. The molecule has 2 rings (SSSR count). The summed E-state index contributed by atoms with van der Waals surface area (Å²) in [5.74, 6) is 0.361. The molecule has 4 nitrogen and oxygen atoms in total. The molecular formula is C11H22N2O2S. The molecule has 0 aromatic rings. The van der Waals surface area contributed by atoms with E-state index in [9.17, 15) is 8.42 Å². The molecule has 0 amide bonds. The van der Waals surface area contributed by atoms with Gasteiger partial charge in [-0.1, -0.05) is 6.92 Å². The lowest BCUT2D eigenvalue weighted by Gasteiger charge is -2.33. The minimum Gasteiger partial charge on any atom is -0.314 e. The molecule has 1 aliphatic carbocycles. The lowest BCUT2D eigenvalue weighted by Crippen LogP contribution is -2.43. The Labute approximate surface area is 98.4 Å². The Morgan fingerprint density at radius 3 is 2.44 bits per heavy atom. The zero-order valence-corrected chi connectivity index (χ0v) is 10.8. The van der Waals surface area contributed by atoms with Crippen molar-refractivity contribution in [2.24, 2.45) is 0 Å². The molecule has 16 heavy (non-hydrogen) atoms. The first-order valence-corrected chi connectivity index (χ1v) is 7.97. The van der Waals surface area contributed by atoms with Gasteiger partial charge in [-0.15, -0.1) is 0 Å². The second kappa shape index (κ2) is 5.02. The Balaban J connectivity index is 1.89. The minimum atomic E-state index is -2.90. The van der Waals surface area contributed by atoms with E-state index in [0.29, 0.717) is 11.8 Å². The first-order valence-electron chi connectivity index (χ1n) is 6.36. The van der Waals surface area contributed by atoms with Crippen LogP contribution in [0.5, 0.6) is 0 Å². The summed E-state index contributed by atoms with van der Waals surface area (Å²) in [6.07, 6.45) is 5.10. The average Bonchev–Trinajstić information content (AvgIpc) is 2.60. The Hall–Kier alpha value is -0.130. The molecule has 0 bridgehead atoms. The van der Waals surface area contributed by atoms with Crippen molar-refractivity contribution in [1.82, 2.24) is 9.62 Å². The molecule has 0 atom stereocenters. The van der Waals surface area contributed by atoms with E-state index in [0.717, 1.165) is 45.2 Å². The number of rotatable bonds is 3. The Kier molecular flexibility index (Phi) is 3.87. The van der Waals surface area contributed by atoms with Crippen LogP contribution >= 0.6 is 0 Å². The van der Waals surface area contributed by atoms with Gasteiger partial charge < -0.3 is 5.32 Å². The number of sulfonamides is 1. The predicted octanol–water partition coefficient (Wildman–Crippen LogP) is 0.943. The van der Waals surface area contributed by atoms with Gasteiger partial charge in [0, 0.05) is 18.6 Å². The van der Waals surface area contributed by atoms with Crippen molar-refractivity contribution in [3.63, 3.8) is 0 Å². The molecule has 0 spiro atoms. The van der Waals surface area contributed by atoms with Crippen LogP contribution in [0, 0.1) is 0 Å². The highest BCUT2D eigenvalue weighted by Crippen LogP contribution is 2.28. The Morgan fingerprint density at radius 2 is 1.94 bits per heavy atom. The summed E-state index contributed by atoms with van der Waals surface area (Å²) in [6, 6.07) is 0.883. The molecule has 0 unspecified atom stereocenters. The summed E-state index contributed by atoms with van der Waals surface area (Å²) in [5.41, 5.74) is 0. The van der Waals surface area contributed by atoms with Crippen molar-refractivity contribution in [2.45, 2.75) is 51.1 Å². The molecule has 5 heteroatoms.